The zero-order valence-electron chi connectivity index (χ0n) is 13.9. The van der Waals surface area contributed by atoms with Crippen LogP contribution in [-0.2, 0) is 19.0 Å². The van der Waals surface area contributed by atoms with Crippen LogP contribution in [0.2, 0.25) is 0 Å². The highest BCUT2D eigenvalue weighted by Gasteiger charge is 2.31. The summed E-state index contributed by atoms with van der Waals surface area (Å²) in [4.78, 5) is 14.4. The van der Waals surface area contributed by atoms with Crippen molar-refractivity contribution in [3.8, 4) is 0 Å². The van der Waals surface area contributed by atoms with E-state index in [2.05, 4.69) is 23.2 Å². The van der Waals surface area contributed by atoms with Crippen molar-refractivity contribution < 1.29 is 19.0 Å². The molecule has 0 radical (unpaired) electrons. The van der Waals surface area contributed by atoms with E-state index in [1.807, 2.05) is 6.92 Å². The van der Waals surface area contributed by atoms with E-state index in [1.165, 1.54) is 0 Å². The number of rotatable bonds is 15. The summed E-state index contributed by atoms with van der Waals surface area (Å²) in [5, 5.41) is 3.38. The second kappa shape index (κ2) is 13.8. The molecular formula is C16H27N3O4. The van der Waals surface area contributed by atoms with Crippen LogP contribution in [0.3, 0.4) is 0 Å². The lowest BCUT2D eigenvalue weighted by Crippen LogP contribution is -2.37. The van der Waals surface area contributed by atoms with Crippen LogP contribution in [0.1, 0.15) is 26.2 Å². The van der Waals surface area contributed by atoms with Crippen molar-refractivity contribution in [2.45, 2.75) is 26.2 Å². The van der Waals surface area contributed by atoms with Crippen molar-refractivity contribution >= 4 is 5.97 Å². The van der Waals surface area contributed by atoms with Gasteiger partial charge < -0.3 is 14.2 Å². The molecule has 0 spiro atoms. The van der Waals surface area contributed by atoms with E-state index in [1.54, 1.807) is 12.2 Å². The third kappa shape index (κ3) is 10.5. The fourth-order valence-corrected chi connectivity index (χ4v) is 1.79. The van der Waals surface area contributed by atoms with Gasteiger partial charge in [0.2, 0.25) is 0 Å². The van der Waals surface area contributed by atoms with Crippen molar-refractivity contribution in [3.63, 3.8) is 0 Å². The molecule has 0 unspecified atom stereocenters. The number of ether oxygens (including phenoxy) is 3. The molecule has 0 atom stereocenters. The monoisotopic (exact) mass is 325 g/mol. The molecule has 0 rings (SSSR count). The van der Waals surface area contributed by atoms with Gasteiger partial charge in [0.1, 0.15) is 6.61 Å². The molecule has 7 heteroatoms. The number of hydrogen-bond acceptors (Lipinski definition) is 5. The van der Waals surface area contributed by atoms with Crippen LogP contribution in [0.15, 0.2) is 30.4 Å². The number of esters is 1. The third-order valence-corrected chi connectivity index (χ3v) is 3.28. The maximum absolute atomic E-state index is 11.8. The van der Waals surface area contributed by atoms with Crippen molar-refractivity contribution in [2.24, 2.45) is 10.5 Å². The normalized spacial score (nSPS) is 10.7. The maximum atomic E-state index is 11.8. The minimum absolute atomic E-state index is 0.220. The SMILES string of the molecule is C=CCOCC(CC)(COCC=C)COC(=O)CCCN=[N+]=[N-]. The molecule has 0 amide bonds. The number of nitrogens with zero attached hydrogens (tertiary/aromatic N) is 3. The summed E-state index contributed by atoms with van der Waals surface area (Å²) >= 11 is 0. The molecule has 0 aromatic carbocycles. The Morgan fingerprint density at radius 3 is 2.30 bits per heavy atom. The molecular weight excluding hydrogens is 298 g/mol. The molecule has 0 N–H and O–H groups in total. The van der Waals surface area contributed by atoms with Crippen LogP contribution in [0.25, 0.3) is 10.4 Å². The third-order valence-electron chi connectivity index (χ3n) is 3.28. The molecule has 7 nitrogen and oxygen atoms in total. The Morgan fingerprint density at radius 1 is 1.22 bits per heavy atom. The molecule has 0 saturated carbocycles. The van der Waals surface area contributed by atoms with Gasteiger partial charge in [-0.25, -0.2) is 0 Å². The standard InChI is InChI=1S/C16H27N3O4/c1-4-10-21-12-16(6-3,13-22-11-5-2)14-23-15(20)8-7-9-18-19-17/h4-5H,1-2,6-14H2,3H3. The maximum Gasteiger partial charge on any atom is 0.305 e. The highest BCUT2D eigenvalue weighted by Crippen LogP contribution is 2.24. The Hall–Kier alpha value is -1.82. The Balaban J connectivity index is 4.45. The van der Waals surface area contributed by atoms with Crippen molar-refractivity contribution in [2.75, 3.05) is 39.6 Å². The number of carbonyl (C=O) groups excluding carboxylic acids is 1. The summed E-state index contributed by atoms with van der Waals surface area (Å²) in [5.74, 6) is -0.316. The zero-order chi connectivity index (χ0) is 17.4. The van der Waals surface area contributed by atoms with Crippen LogP contribution >= 0.6 is 0 Å². The second-order valence-corrected chi connectivity index (χ2v) is 5.18. The molecule has 23 heavy (non-hydrogen) atoms. The lowest BCUT2D eigenvalue weighted by molar-refractivity contribution is -0.151. The van der Waals surface area contributed by atoms with E-state index in [0.717, 1.165) is 6.42 Å². The largest absolute Gasteiger partial charge is 0.465 e. The molecule has 130 valence electrons. The van der Waals surface area contributed by atoms with Crippen LogP contribution in [0.4, 0.5) is 0 Å². The van der Waals surface area contributed by atoms with Gasteiger partial charge in [-0.05, 0) is 18.4 Å². The molecule has 0 aliphatic carbocycles. The first-order chi connectivity index (χ1) is 11.1. The average molecular weight is 325 g/mol. The molecule has 0 aromatic heterocycles. The Kier molecular flexibility index (Phi) is 12.7. The Morgan fingerprint density at radius 2 is 1.83 bits per heavy atom. The van der Waals surface area contributed by atoms with Crippen molar-refractivity contribution in [1.29, 1.82) is 0 Å². The summed E-state index contributed by atoms with van der Waals surface area (Å²) in [7, 11) is 0. The predicted molar refractivity (Wildman–Crippen MR) is 89.0 cm³/mol. The summed E-state index contributed by atoms with van der Waals surface area (Å²) < 4.78 is 16.4. The van der Waals surface area contributed by atoms with E-state index in [9.17, 15) is 4.79 Å². The highest BCUT2D eigenvalue weighted by atomic mass is 16.5. The van der Waals surface area contributed by atoms with Crippen LogP contribution in [0, 0.1) is 5.41 Å². The first-order valence-electron chi connectivity index (χ1n) is 7.68. The van der Waals surface area contributed by atoms with Gasteiger partial charge in [0.25, 0.3) is 0 Å². The van der Waals surface area contributed by atoms with Crippen LogP contribution < -0.4 is 0 Å². The van der Waals surface area contributed by atoms with Gasteiger partial charge in [0, 0.05) is 17.9 Å². The first kappa shape index (κ1) is 21.2. The van der Waals surface area contributed by atoms with Crippen LogP contribution in [-0.4, -0.2) is 45.5 Å². The topological polar surface area (TPSA) is 93.5 Å². The summed E-state index contributed by atoms with van der Waals surface area (Å²) in [5.41, 5.74) is 7.78. The van der Waals surface area contributed by atoms with Gasteiger partial charge in [-0.2, -0.15) is 0 Å². The van der Waals surface area contributed by atoms with Gasteiger partial charge in [0.15, 0.2) is 0 Å². The van der Waals surface area contributed by atoms with Crippen molar-refractivity contribution in [1.82, 2.24) is 0 Å². The Bertz CT molecular complexity index is 392. The zero-order valence-corrected chi connectivity index (χ0v) is 13.9. The smallest absolute Gasteiger partial charge is 0.305 e. The van der Waals surface area contributed by atoms with Gasteiger partial charge in [0.05, 0.1) is 31.8 Å². The van der Waals surface area contributed by atoms with E-state index in [0.29, 0.717) is 32.8 Å². The molecule has 0 saturated heterocycles. The van der Waals surface area contributed by atoms with Gasteiger partial charge in [-0.15, -0.1) is 13.2 Å². The lowest BCUT2D eigenvalue weighted by Gasteiger charge is -2.31. The van der Waals surface area contributed by atoms with E-state index >= 15 is 0 Å². The van der Waals surface area contributed by atoms with Gasteiger partial charge in [-0.3, -0.25) is 4.79 Å². The molecule has 0 aliphatic heterocycles. The van der Waals surface area contributed by atoms with E-state index in [-0.39, 0.29) is 25.5 Å². The molecule has 0 aromatic rings. The highest BCUT2D eigenvalue weighted by molar-refractivity contribution is 5.69. The number of hydrogen-bond donors (Lipinski definition) is 0. The summed E-state index contributed by atoms with van der Waals surface area (Å²) in [6, 6.07) is 0. The fraction of sp³-hybridized carbons (Fsp3) is 0.688. The van der Waals surface area contributed by atoms with Gasteiger partial charge >= 0.3 is 5.97 Å². The molecule has 0 aliphatic rings. The minimum atomic E-state index is -0.396. The van der Waals surface area contributed by atoms with Crippen LogP contribution in [0.5, 0.6) is 0 Å². The first-order valence-corrected chi connectivity index (χ1v) is 7.68. The van der Waals surface area contributed by atoms with E-state index < -0.39 is 5.41 Å². The van der Waals surface area contributed by atoms with Gasteiger partial charge in [-0.1, -0.05) is 24.2 Å². The minimum Gasteiger partial charge on any atom is -0.465 e. The molecule has 0 fully saturated rings. The number of carbonyl (C=O) groups is 1. The Labute approximate surface area is 137 Å². The average Bonchev–Trinajstić information content (AvgIpc) is 2.56. The molecule has 0 heterocycles. The molecule has 0 bridgehead atoms. The predicted octanol–water partition coefficient (Wildman–Crippen LogP) is 3.42. The van der Waals surface area contributed by atoms with E-state index in [4.69, 9.17) is 19.7 Å². The number of azide groups is 1. The summed E-state index contributed by atoms with van der Waals surface area (Å²) in [6.07, 6.45) is 4.79. The lowest BCUT2D eigenvalue weighted by atomic mass is 9.88. The quantitative estimate of drug-likeness (QED) is 0.115. The summed E-state index contributed by atoms with van der Waals surface area (Å²) in [6.45, 7) is 11.4. The fourth-order valence-electron chi connectivity index (χ4n) is 1.79. The second-order valence-electron chi connectivity index (χ2n) is 5.18. The van der Waals surface area contributed by atoms with Crippen molar-refractivity contribution in [3.05, 3.63) is 35.8 Å².